The lowest BCUT2D eigenvalue weighted by Crippen LogP contribution is -2.48. The summed E-state index contributed by atoms with van der Waals surface area (Å²) in [5, 5.41) is 26.2. The molecule has 0 fully saturated rings. The molecule has 6 nitrogen and oxygen atoms in total. The number of ketones is 1. The Balaban J connectivity index is 4.80. The van der Waals surface area contributed by atoms with Gasteiger partial charge in [0.15, 0.2) is 5.78 Å². The summed E-state index contributed by atoms with van der Waals surface area (Å²) in [5.41, 5.74) is -2.79. The smallest absolute Gasteiger partial charge is 0.344 e. The lowest BCUT2D eigenvalue weighted by molar-refractivity contribution is -0.171. The van der Waals surface area contributed by atoms with Gasteiger partial charge in [0.1, 0.15) is 0 Å². The average Bonchev–Trinajstić information content (AvgIpc) is 2.02. The van der Waals surface area contributed by atoms with Crippen molar-refractivity contribution < 1.29 is 29.7 Å². The first-order valence-electron chi connectivity index (χ1n) is 4.05. The van der Waals surface area contributed by atoms with Crippen molar-refractivity contribution in [1.29, 1.82) is 0 Å². The Morgan fingerprint density at radius 1 is 1.21 bits per heavy atom. The fourth-order valence-electron chi connectivity index (χ4n) is 0.946. The van der Waals surface area contributed by atoms with Gasteiger partial charge in [0.2, 0.25) is 5.60 Å². The summed E-state index contributed by atoms with van der Waals surface area (Å²) in [6, 6.07) is 0. The first kappa shape index (κ1) is 12.6. The van der Waals surface area contributed by atoms with Crippen LogP contribution < -0.4 is 0 Å². The van der Waals surface area contributed by atoms with E-state index in [9.17, 15) is 19.5 Å². The van der Waals surface area contributed by atoms with Crippen LogP contribution in [0.1, 0.15) is 26.2 Å². The Bertz CT molecular complexity index is 259. The maximum Gasteiger partial charge on any atom is 0.344 e. The molecule has 6 heteroatoms. The van der Waals surface area contributed by atoms with E-state index < -0.39 is 29.7 Å². The lowest BCUT2D eigenvalue weighted by atomic mass is 9.92. The maximum atomic E-state index is 11.1. The van der Waals surface area contributed by atoms with Crippen LogP contribution in [0.3, 0.4) is 0 Å². The van der Waals surface area contributed by atoms with Crippen molar-refractivity contribution in [3.05, 3.63) is 0 Å². The number of carboxylic acids is 2. The summed E-state index contributed by atoms with van der Waals surface area (Å²) < 4.78 is 0. The van der Waals surface area contributed by atoms with Crippen LogP contribution in [0, 0.1) is 0 Å². The number of hydrogen-bond donors (Lipinski definition) is 3. The largest absolute Gasteiger partial charge is 0.481 e. The number of carbonyl (C=O) groups is 3. The highest BCUT2D eigenvalue weighted by molar-refractivity contribution is 6.08. The summed E-state index contributed by atoms with van der Waals surface area (Å²) >= 11 is 0. The van der Waals surface area contributed by atoms with Gasteiger partial charge in [-0.1, -0.05) is 6.92 Å². The molecule has 0 saturated heterocycles. The van der Waals surface area contributed by atoms with Crippen molar-refractivity contribution >= 4 is 17.7 Å². The van der Waals surface area contributed by atoms with Gasteiger partial charge in [-0.2, -0.15) is 0 Å². The molecule has 0 amide bonds. The first-order valence-corrected chi connectivity index (χ1v) is 4.05. The minimum atomic E-state index is -2.79. The molecular formula is C8H12O6. The Morgan fingerprint density at radius 3 is 2.00 bits per heavy atom. The molecular weight excluding hydrogens is 192 g/mol. The van der Waals surface area contributed by atoms with Gasteiger partial charge in [-0.25, -0.2) is 4.79 Å². The van der Waals surface area contributed by atoms with Gasteiger partial charge in [0.25, 0.3) is 0 Å². The lowest BCUT2D eigenvalue weighted by Gasteiger charge is -2.19. The van der Waals surface area contributed by atoms with Crippen molar-refractivity contribution in [1.82, 2.24) is 0 Å². The predicted molar refractivity (Wildman–Crippen MR) is 44.8 cm³/mol. The molecule has 0 spiro atoms. The van der Waals surface area contributed by atoms with E-state index in [1.807, 2.05) is 0 Å². The molecule has 14 heavy (non-hydrogen) atoms. The molecule has 3 N–H and O–H groups in total. The van der Waals surface area contributed by atoms with Crippen LogP contribution in [0.15, 0.2) is 0 Å². The molecule has 0 bridgehead atoms. The van der Waals surface area contributed by atoms with Crippen molar-refractivity contribution in [2.24, 2.45) is 0 Å². The molecule has 0 aliphatic carbocycles. The summed E-state index contributed by atoms with van der Waals surface area (Å²) in [7, 11) is 0. The Labute approximate surface area is 80.2 Å². The summed E-state index contributed by atoms with van der Waals surface area (Å²) in [6.07, 6.45) is -0.911. The van der Waals surface area contributed by atoms with Crippen LogP contribution >= 0.6 is 0 Å². The fourth-order valence-corrected chi connectivity index (χ4v) is 0.946. The fraction of sp³-hybridized carbons (Fsp3) is 0.625. The van der Waals surface area contributed by atoms with Gasteiger partial charge in [-0.05, 0) is 6.42 Å². The molecule has 0 rings (SSSR count). The third kappa shape index (κ3) is 2.81. The topological polar surface area (TPSA) is 112 Å². The maximum absolute atomic E-state index is 11.1. The van der Waals surface area contributed by atoms with E-state index in [1.54, 1.807) is 6.92 Å². The predicted octanol–water partition coefficient (Wildman–Crippen LogP) is -0.354. The van der Waals surface area contributed by atoms with E-state index in [0.29, 0.717) is 6.42 Å². The Hall–Kier alpha value is -1.43. The van der Waals surface area contributed by atoms with E-state index in [4.69, 9.17) is 10.2 Å². The zero-order valence-corrected chi connectivity index (χ0v) is 7.69. The molecule has 0 aromatic heterocycles. The van der Waals surface area contributed by atoms with Crippen molar-refractivity contribution in [2.45, 2.75) is 31.8 Å². The molecule has 0 heterocycles. The molecule has 0 aliphatic heterocycles. The molecule has 0 aliphatic rings. The SMILES string of the molecule is CCCC(=O)C(O)(CC(=O)O)C(=O)O. The molecule has 1 atom stereocenters. The second-order valence-electron chi connectivity index (χ2n) is 2.91. The number of aliphatic carboxylic acids is 2. The second-order valence-corrected chi connectivity index (χ2v) is 2.91. The van der Waals surface area contributed by atoms with Gasteiger partial charge in [0.05, 0.1) is 6.42 Å². The van der Waals surface area contributed by atoms with Crippen LogP contribution in [-0.2, 0) is 14.4 Å². The summed E-state index contributed by atoms with van der Waals surface area (Å²) in [6.45, 7) is 1.63. The highest BCUT2D eigenvalue weighted by Gasteiger charge is 2.45. The zero-order valence-electron chi connectivity index (χ0n) is 7.69. The van der Waals surface area contributed by atoms with Crippen molar-refractivity contribution in [2.75, 3.05) is 0 Å². The number of aliphatic hydroxyl groups is 1. The average molecular weight is 204 g/mol. The number of rotatable bonds is 6. The molecule has 0 aromatic carbocycles. The van der Waals surface area contributed by atoms with Gasteiger partial charge >= 0.3 is 11.9 Å². The zero-order chi connectivity index (χ0) is 11.4. The number of hydrogen-bond acceptors (Lipinski definition) is 4. The number of carboxylic acid groups (broad SMARTS) is 2. The molecule has 0 radical (unpaired) electrons. The van der Waals surface area contributed by atoms with Crippen LogP contribution in [0.25, 0.3) is 0 Å². The molecule has 1 unspecified atom stereocenters. The standard InChI is InChI=1S/C8H12O6/c1-2-3-5(9)8(14,7(12)13)4-6(10)11/h14H,2-4H2,1H3,(H,10,11)(H,12,13). The molecule has 80 valence electrons. The number of Topliss-reactive ketones (excluding diaryl/α,β-unsaturated/α-hetero) is 1. The third-order valence-electron chi connectivity index (χ3n) is 1.70. The van der Waals surface area contributed by atoms with Gasteiger partial charge in [0, 0.05) is 6.42 Å². The van der Waals surface area contributed by atoms with E-state index in [-0.39, 0.29) is 6.42 Å². The molecule has 0 aromatic rings. The van der Waals surface area contributed by atoms with Crippen LogP contribution in [-0.4, -0.2) is 38.6 Å². The monoisotopic (exact) mass is 204 g/mol. The highest BCUT2D eigenvalue weighted by Crippen LogP contribution is 2.15. The minimum absolute atomic E-state index is 0.157. The summed E-state index contributed by atoms with van der Waals surface area (Å²) in [4.78, 5) is 31.9. The van der Waals surface area contributed by atoms with Crippen LogP contribution in [0.2, 0.25) is 0 Å². The first-order chi connectivity index (χ1) is 6.34. The van der Waals surface area contributed by atoms with E-state index >= 15 is 0 Å². The number of carbonyl (C=O) groups excluding carboxylic acids is 1. The third-order valence-corrected chi connectivity index (χ3v) is 1.70. The van der Waals surface area contributed by atoms with Crippen molar-refractivity contribution in [3.8, 4) is 0 Å². The van der Waals surface area contributed by atoms with E-state index in [0.717, 1.165) is 0 Å². The second kappa shape index (κ2) is 4.71. The quantitative estimate of drug-likeness (QED) is 0.509. The van der Waals surface area contributed by atoms with Crippen molar-refractivity contribution in [3.63, 3.8) is 0 Å². The Kier molecular flexibility index (Phi) is 4.23. The van der Waals surface area contributed by atoms with Gasteiger partial charge in [-0.15, -0.1) is 0 Å². The van der Waals surface area contributed by atoms with Crippen LogP contribution in [0.5, 0.6) is 0 Å². The summed E-state index contributed by atoms with van der Waals surface area (Å²) in [5.74, 6) is -4.33. The normalized spacial score (nSPS) is 14.4. The Morgan fingerprint density at radius 2 is 1.71 bits per heavy atom. The van der Waals surface area contributed by atoms with Gasteiger partial charge in [-0.3, -0.25) is 9.59 Å². The molecule has 0 saturated carbocycles. The highest BCUT2D eigenvalue weighted by atomic mass is 16.4. The van der Waals surface area contributed by atoms with E-state index in [2.05, 4.69) is 0 Å². The van der Waals surface area contributed by atoms with E-state index in [1.165, 1.54) is 0 Å². The van der Waals surface area contributed by atoms with Crippen LogP contribution in [0.4, 0.5) is 0 Å². The van der Waals surface area contributed by atoms with Gasteiger partial charge < -0.3 is 15.3 Å². The minimum Gasteiger partial charge on any atom is -0.481 e.